The average Bonchev–Trinajstić information content (AvgIpc) is 2.37. The number of carbonyl (C=O) groups is 1. The van der Waals surface area contributed by atoms with Crippen molar-refractivity contribution < 1.29 is 44.6 Å². The van der Waals surface area contributed by atoms with Gasteiger partial charge in [-0.25, -0.2) is 9.18 Å². The third-order valence-corrected chi connectivity index (χ3v) is 3.07. The highest BCUT2D eigenvalue weighted by Gasteiger charge is 2.50. The molecule has 1 rings (SSSR count). The third-order valence-electron chi connectivity index (χ3n) is 2.11. The summed E-state index contributed by atoms with van der Waals surface area (Å²) in [6.45, 7) is 0. The molecule has 0 saturated carbocycles. The Balaban J connectivity index is 3.63. The maximum Gasteiger partial charge on any atom is 0.534 e. The number of alkyl halides is 3. The molecule has 0 fully saturated rings. The molecule has 1 aromatic carbocycles. The summed E-state index contributed by atoms with van der Waals surface area (Å²) in [5.74, 6) is -4.52. The lowest BCUT2D eigenvalue weighted by Gasteiger charge is -2.12. The van der Waals surface area contributed by atoms with Gasteiger partial charge in [-0.3, -0.25) is 10.1 Å². The van der Waals surface area contributed by atoms with Gasteiger partial charge in [0.2, 0.25) is 5.75 Å². The fourth-order valence-corrected chi connectivity index (χ4v) is 1.71. The lowest BCUT2D eigenvalue weighted by atomic mass is 10.1. The second-order valence-corrected chi connectivity index (χ2v) is 5.07. The van der Waals surface area contributed by atoms with E-state index < -0.39 is 49.3 Å². The smallest absolute Gasteiger partial charge is 0.465 e. The number of hydrogen-bond acceptors (Lipinski definition) is 7. The lowest BCUT2D eigenvalue weighted by Crippen LogP contribution is -2.29. The molecule has 0 saturated heterocycles. The molecule has 8 nitrogen and oxygen atoms in total. The molecular formula is C9H5F4NO7S. The van der Waals surface area contributed by atoms with Crippen LogP contribution in [0.2, 0.25) is 0 Å². The van der Waals surface area contributed by atoms with Crippen molar-refractivity contribution in [3.05, 3.63) is 33.6 Å². The standard InChI is InChI=1S/C9H5F4NO7S/c1-20-8(15)5-2-4(10)3-6(14(16)17)7(5)21-22(18,19)9(11,12)13/h2-3H,1H3. The number of nitrogens with zero attached hydrogens (tertiary/aromatic N) is 1. The summed E-state index contributed by atoms with van der Waals surface area (Å²) in [6, 6.07) is 0.327. The summed E-state index contributed by atoms with van der Waals surface area (Å²) in [6.07, 6.45) is 0. The first-order chi connectivity index (χ1) is 9.90. The SMILES string of the molecule is COC(=O)c1cc(F)cc([N+](=O)[O-])c1OS(=O)(=O)C(F)(F)F. The van der Waals surface area contributed by atoms with Gasteiger partial charge in [0.05, 0.1) is 18.1 Å². The molecule has 0 unspecified atom stereocenters. The number of halogens is 4. The van der Waals surface area contributed by atoms with Crippen molar-refractivity contribution in [3.8, 4) is 5.75 Å². The van der Waals surface area contributed by atoms with E-state index in [0.29, 0.717) is 0 Å². The monoisotopic (exact) mass is 347 g/mol. The van der Waals surface area contributed by atoms with Gasteiger partial charge in [-0.05, 0) is 6.07 Å². The van der Waals surface area contributed by atoms with Crippen LogP contribution in [0.1, 0.15) is 10.4 Å². The van der Waals surface area contributed by atoms with E-state index in [0.717, 1.165) is 7.11 Å². The van der Waals surface area contributed by atoms with E-state index in [1.54, 1.807) is 0 Å². The van der Waals surface area contributed by atoms with Gasteiger partial charge in [0.15, 0.2) is 0 Å². The third kappa shape index (κ3) is 3.41. The molecule has 122 valence electrons. The second kappa shape index (κ2) is 5.75. The van der Waals surface area contributed by atoms with Crippen molar-refractivity contribution in [1.29, 1.82) is 0 Å². The number of ether oxygens (including phenoxy) is 1. The van der Waals surface area contributed by atoms with Gasteiger partial charge >= 0.3 is 27.3 Å². The molecule has 0 amide bonds. The van der Waals surface area contributed by atoms with Crippen LogP contribution in [0.15, 0.2) is 12.1 Å². The maximum atomic E-state index is 13.2. The van der Waals surface area contributed by atoms with Crippen molar-refractivity contribution in [1.82, 2.24) is 0 Å². The van der Waals surface area contributed by atoms with E-state index >= 15 is 0 Å². The number of benzene rings is 1. The van der Waals surface area contributed by atoms with Crippen LogP contribution in [0.3, 0.4) is 0 Å². The van der Waals surface area contributed by atoms with Crippen LogP contribution < -0.4 is 4.18 Å². The van der Waals surface area contributed by atoms with Crippen molar-refractivity contribution >= 4 is 21.8 Å². The fourth-order valence-electron chi connectivity index (χ4n) is 1.22. The number of nitro groups is 1. The van der Waals surface area contributed by atoms with E-state index in [2.05, 4.69) is 8.92 Å². The zero-order valence-corrected chi connectivity index (χ0v) is 11.2. The molecule has 13 heteroatoms. The van der Waals surface area contributed by atoms with Gasteiger partial charge in [0, 0.05) is 0 Å². The van der Waals surface area contributed by atoms with E-state index in [4.69, 9.17) is 0 Å². The first-order valence-electron chi connectivity index (χ1n) is 4.97. The van der Waals surface area contributed by atoms with Crippen LogP contribution in [0.5, 0.6) is 5.75 Å². The Morgan fingerprint density at radius 1 is 1.32 bits per heavy atom. The number of esters is 1. The van der Waals surface area contributed by atoms with Gasteiger partial charge in [-0.2, -0.15) is 21.6 Å². The Bertz CT molecular complexity index is 728. The first-order valence-corrected chi connectivity index (χ1v) is 6.38. The van der Waals surface area contributed by atoms with E-state index in [1.807, 2.05) is 0 Å². The number of hydrogen-bond donors (Lipinski definition) is 0. The van der Waals surface area contributed by atoms with Gasteiger partial charge in [0.1, 0.15) is 11.4 Å². The molecule has 0 aliphatic carbocycles. The van der Waals surface area contributed by atoms with Crippen molar-refractivity contribution in [2.24, 2.45) is 0 Å². The molecule has 0 aromatic heterocycles. The van der Waals surface area contributed by atoms with Crippen LogP contribution in [0, 0.1) is 15.9 Å². The van der Waals surface area contributed by atoms with Crippen LogP contribution >= 0.6 is 0 Å². The van der Waals surface area contributed by atoms with Crippen molar-refractivity contribution in [3.63, 3.8) is 0 Å². The van der Waals surface area contributed by atoms with E-state index in [9.17, 15) is 40.9 Å². The molecule has 0 bridgehead atoms. The zero-order valence-electron chi connectivity index (χ0n) is 10.4. The Morgan fingerprint density at radius 2 is 1.86 bits per heavy atom. The van der Waals surface area contributed by atoms with Crippen molar-refractivity contribution in [2.45, 2.75) is 5.51 Å². The van der Waals surface area contributed by atoms with E-state index in [1.165, 1.54) is 0 Å². The average molecular weight is 347 g/mol. The van der Waals surface area contributed by atoms with Crippen LogP contribution in [0.4, 0.5) is 23.2 Å². The molecule has 0 radical (unpaired) electrons. The number of carbonyl (C=O) groups excluding carboxylic acids is 1. The molecule has 0 atom stereocenters. The summed E-state index contributed by atoms with van der Waals surface area (Å²) < 4.78 is 79.6. The Labute approximate surface area is 119 Å². The van der Waals surface area contributed by atoms with Gasteiger partial charge in [-0.1, -0.05) is 0 Å². The van der Waals surface area contributed by atoms with Gasteiger partial charge in [0.25, 0.3) is 0 Å². The van der Waals surface area contributed by atoms with Crippen molar-refractivity contribution in [2.75, 3.05) is 7.11 Å². The minimum Gasteiger partial charge on any atom is -0.465 e. The molecule has 0 spiro atoms. The molecule has 22 heavy (non-hydrogen) atoms. The van der Waals surface area contributed by atoms with Crippen LogP contribution in [-0.2, 0) is 14.9 Å². The zero-order chi connectivity index (χ0) is 17.3. The summed E-state index contributed by atoms with van der Waals surface area (Å²) in [5.41, 5.74) is -8.60. The molecule has 0 heterocycles. The highest BCUT2D eigenvalue weighted by Crippen LogP contribution is 2.36. The minimum atomic E-state index is -6.32. The van der Waals surface area contributed by atoms with Gasteiger partial charge in [-0.15, -0.1) is 0 Å². The first kappa shape index (κ1) is 17.6. The molecular weight excluding hydrogens is 342 g/mol. The summed E-state index contributed by atoms with van der Waals surface area (Å²) in [4.78, 5) is 20.6. The van der Waals surface area contributed by atoms with E-state index in [-0.39, 0.29) is 12.1 Å². The Hall–Kier alpha value is -2.44. The number of rotatable bonds is 4. The fraction of sp³-hybridized carbons (Fsp3) is 0.222. The van der Waals surface area contributed by atoms with Crippen LogP contribution in [0.25, 0.3) is 0 Å². The second-order valence-electron chi connectivity index (χ2n) is 3.53. The normalized spacial score (nSPS) is 11.9. The lowest BCUT2D eigenvalue weighted by molar-refractivity contribution is -0.385. The predicted octanol–water partition coefficient (Wildman–Crippen LogP) is 1.75. The summed E-state index contributed by atoms with van der Waals surface area (Å²) >= 11 is 0. The number of methoxy groups -OCH3 is 1. The summed E-state index contributed by atoms with van der Waals surface area (Å²) in [5, 5.41) is 10.7. The predicted molar refractivity (Wildman–Crippen MR) is 60.0 cm³/mol. The highest BCUT2D eigenvalue weighted by atomic mass is 32.2. The van der Waals surface area contributed by atoms with Gasteiger partial charge < -0.3 is 8.92 Å². The molecule has 1 aromatic rings. The van der Waals surface area contributed by atoms with Crippen LogP contribution in [-0.4, -0.2) is 31.9 Å². The molecule has 0 aliphatic rings. The quantitative estimate of drug-likeness (QED) is 0.204. The maximum absolute atomic E-state index is 13.2. The Morgan fingerprint density at radius 3 is 2.27 bits per heavy atom. The largest absolute Gasteiger partial charge is 0.534 e. The summed E-state index contributed by atoms with van der Waals surface area (Å²) in [7, 11) is -5.58. The minimum absolute atomic E-state index is 0.0909. The highest BCUT2D eigenvalue weighted by molar-refractivity contribution is 7.88. The number of nitro benzene ring substituents is 1. The molecule has 0 aliphatic heterocycles. The topological polar surface area (TPSA) is 113 Å². The Kier molecular flexibility index (Phi) is 4.60. The molecule has 0 N–H and O–H groups in total.